The summed E-state index contributed by atoms with van der Waals surface area (Å²) in [6, 6.07) is 7.30. The second-order valence-corrected chi connectivity index (χ2v) is 7.64. The normalized spacial score (nSPS) is 21.1. The highest BCUT2D eigenvalue weighted by atomic mass is 32.2. The molecule has 0 bridgehead atoms. The summed E-state index contributed by atoms with van der Waals surface area (Å²) in [4.78, 5) is 11.5. The molecule has 6 nitrogen and oxygen atoms in total. The summed E-state index contributed by atoms with van der Waals surface area (Å²) in [5, 5.41) is -0.533. The van der Waals surface area contributed by atoms with E-state index in [1.54, 1.807) is 0 Å². The van der Waals surface area contributed by atoms with Gasteiger partial charge in [-0.1, -0.05) is 12.1 Å². The van der Waals surface area contributed by atoms with Gasteiger partial charge in [0.05, 0.1) is 24.9 Å². The zero-order valence-electron chi connectivity index (χ0n) is 13.4. The number of carbonyl (C=O) groups is 1. The highest BCUT2D eigenvalue weighted by molar-refractivity contribution is 7.90. The minimum absolute atomic E-state index is 0.230. The molecular formula is C16H23NO5S. The summed E-state index contributed by atoms with van der Waals surface area (Å²) in [7, 11) is -2.11. The molecule has 1 saturated carbocycles. The molecule has 1 aromatic carbocycles. The Hall–Kier alpha value is -1.60. The van der Waals surface area contributed by atoms with Crippen molar-refractivity contribution in [2.45, 2.75) is 38.0 Å². The van der Waals surface area contributed by atoms with Crippen LogP contribution >= 0.6 is 0 Å². The SMILES string of the molecule is CCOc1ccc(CNS(=O)(=O)C2CCC(C(=O)OC)C2)cc1. The van der Waals surface area contributed by atoms with E-state index in [-0.39, 0.29) is 18.4 Å². The molecule has 0 spiro atoms. The smallest absolute Gasteiger partial charge is 0.308 e. The first kappa shape index (κ1) is 17.7. The number of nitrogens with one attached hydrogen (secondary N) is 1. The Morgan fingerprint density at radius 1 is 1.26 bits per heavy atom. The van der Waals surface area contributed by atoms with Gasteiger partial charge in [-0.25, -0.2) is 13.1 Å². The zero-order valence-corrected chi connectivity index (χ0v) is 14.3. The molecule has 1 aliphatic carbocycles. The van der Waals surface area contributed by atoms with Gasteiger partial charge in [0, 0.05) is 6.54 Å². The molecule has 0 saturated heterocycles. The second kappa shape index (κ2) is 7.79. The highest BCUT2D eigenvalue weighted by Crippen LogP contribution is 2.31. The van der Waals surface area contributed by atoms with E-state index in [1.165, 1.54) is 7.11 Å². The molecule has 0 aliphatic heterocycles. The third kappa shape index (κ3) is 4.68. The number of ether oxygens (including phenoxy) is 2. The first-order valence-corrected chi connectivity index (χ1v) is 9.29. The van der Waals surface area contributed by atoms with Crippen molar-refractivity contribution in [3.8, 4) is 5.75 Å². The van der Waals surface area contributed by atoms with Gasteiger partial charge in [0.2, 0.25) is 10.0 Å². The lowest BCUT2D eigenvalue weighted by atomic mass is 10.1. The molecule has 7 heteroatoms. The monoisotopic (exact) mass is 341 g/mol. The first-order valence-electron chi connectivity index (χ1n) is 7.74. The van der Waals surface area contributed by atoms with Crippen LogP contribution in [0.4, 0.5) is 0 Å². The quantitative estimate of drug-likeness (QED) is 0.766. The van der Waals surface area contributed by atoms with Crippen molar-refractivity contribution in [3.63, 3.8) is 0 Å². The van der Waals surface area contributed by atoms with E-state index in [0.29, 0.717) is 25.9 Å². The number of methoxy groups -OCH3 is 1. The average molecular weight is 341 g/mol. The van der Waals surface area contributed by atoms with Crippen molar-refractivity contribution in [1.29, 1.82) is 0 Å². The number of hydrogen-bond donors (Lipinski definition) is 1. The molecule has 0 radical (unpaired) electrons. The van der Waals surface area contributed by atoms with Crippen LogP contribution in [0.3, 0.4) is 0 Å². The molecule has 0 heterocycles. The fourth-order valence-corrected chi connectivity index (χ4v) is 4.31. The summed E-state index contributed by atoms with van der Waals surface area (Å²) in [6.07, 6.45) is 1.37. The number of rotatable bonds is 7. The van der Waals surface area contributed by atoms with Crippen molar-refractivity contribution in [2.24, 2.45) is 5.92 Å². The number of hydrogen-bond acceptors (Lipinski definition) is 5. The van der Waals surface area contributed by atoms with Crippen LogP contribution in [-0.2, 0) is 26.1 Å². The summed E-state index contributed by atoms with van der Waals surface area (Å²) in [5.41, 5.74) is 0.861. The average Bonchev–Trinajstić information content (AvgIpc) is 3.05. The van der Waals surface area contributed by atoms with Crippen LogP contribution in [-0.4, -0.2) is 33.4 Å². The van der Waals surface area contributed by atoms with Gasteiger partial charge >= 0.3 is 5.97 Å². The predicted octanol–water partition coefficient (Wildman–Crippen LogP) is 1.85. The number of carbonyl (C=O) groups excluding carboxylic acids is 1. The fraction of sp³-hybridized carbons (Fsp3) is 0.562. The van der Waals surface area contributed by atoms with Gasteiger partial charge < -0.3 is 9.47 Å². The molecule has 0 aromatic heterocycles. The molecule has 2 atom stereocenters. The second-order valence-electron chi connectivity index (χ2n) is 5.60. The van der Waals surface area contributed by atoms with E-state index in [1.807, 2.05) is 31.2 Å². The molecule has 0 amide bonds. The molecule has 2 rings (SSSR count). The van der Waals surface area contributed by atoms with Crippen molar-refractivity contribution >= 4 is 16.0 Å². The van der Waals surface area contributed by atoms with Crippen LogP contribution in [0.15, 0.2) is 24.3 Å². The van der Waals surface area contributed by atoms with Gasteiger partial charge in [-0.3, -0.25) is 4.79 Å². The topological polar surface area (TPSA) is 81.7 Å². The highest BCUT2D eigenvalue weighted by Gasteiger charge is 2.37. The largest absolute Gasteiger partial charge is 0.494 e. The van der Waals surface area contributed by atoms with Crippen LogP contribution < -0.4 is 9.46 Å². The lowest BCUT2D eigenvalue weighted by molar-refractivity contribution is -0.145. The maximum absolute atomic E-state index is 12.3. The van der Waals surface area contributed by atoms with Crippen LogP contribution in [0.25, 0.3) is 0 Å². The van der Waals surface area contributed by atoms with E-state index in [0.717, 1.165) is 11.3 Å². The Balaban J connectivity index is 1.90. The minimum Gasteiger partial charge on any atom is -0.494 e. The van der Waals surface area contributed by atoms with Gasteiger partial charge in [-0.05, 0) is 43.9 Å². The predicted molar refractivity (Wildman–Crippen MR) is 86.5 cm³/mol. The standard InChI is InChI=1S/C16H23NO5S/c1-3-22-14-7-4-12(5-8-14)11-17-23(19,20)15-9-6-13(10-15)16(18)21-2/h4-5,7-8,13,15,17H,3,6,9-11H2,1-2H3. The van der Waals surface area contributed by atoms with Gasteiger partial charge in [-0.15, -0.1) is 0 Å². The van der Waals surface area contributed by atoms with Crippen LogP contribution in [0, 0.1) is 5.92 Å². The van der Waals surface area contributed by atoms with E-state index >= 15 is 0 Å². The van der Waals surface area contributed by atoms with E-state index in [4.69, 9.17) is 4.74 Å². The van der Waals surface area contributed by atoms with E-state index in [2.05, 4.69) is 9.46 Å². The fourth-order valence-electron chi connectivity index (χ4n) is 2.77. The van der Waals surface area contributed by atoms with Crippen molar-refractivity contribution in [3.05, 3.63) is 29.8 Å². The Kier molecular flexibility index (Phi) is 6.01. The molecule has 23 heavy (non-hydrogen) atoms. The third-order valence-corrected chi connectivity index (χ3v) is 5.92. The van der Waals surface area contributed by atoms with E-state index < -0.39 is 15.3 Å². The van der Waals surface area contributed by atoms with Gasteiger partial charge in [-0.2, -0.15) is 0 Å². The summed E-state index contributed by atoms with van der Waals surface area (Å²) >= 11 is 0. The molecule has 128 valence electrons. The number of benzene rings is 1. The lowest BCUT2D eigenvalue weighted by Gasteiger charge is -2.13. The molecule has 1 aromatic rings. The van der Waals surface area contributed by atoms with Crippen molar-refractivity contribution in [1.82, 2.24) is 4.72 Å². The van der Waals surface area contributed by atoms with Crippen LogP contribution in [0.1, 0.15) is 31.7 Å². The third-order valence-electron chi connectivity index (χ3n) is 4.07. The van der Waals surface area contributed by atoms with Gasteiger partial charge in [0.1, 0.15) is 5.75 Å². The molecule has 1 aliphatic rings. The molecule has 2 unspecified atom stereocenters. The molecule has 1 N–H and O–H groups in total. The number of sulfonamides is 1. The summed E-state index contributed by atoms with van der Waals surface area (Å²) < 4.78 is 37.4. The van der Waals surface area contributed by atoms with Gasteiger partial charge in [0.15, 0.2) is 0 Å². The Bertz CT molecular complexity index is 626. The maximum atomic E-state index is 12.3. The maximum Gasteiger partial charge on any atom is 0.308 e. The first-order chi connectivity index (χ1) is 11.0. The Morgan fingerprint density at radius 2 is 1.96 bits per heavy atom. The van der Waals surface area contributed by atoms with Crippen LogP contribution in [0.5, 0.6) is 5.75 Å². The summed E-state index contributed by atoms with van der Waals surface area (Å²) in [6.45, 7) is 2.73. The van der Waals surface area contributed by atoms with Crippen molar-refractivity contribution in [2.75, 3.05) is 13.7 Å². The van der Waals surface area contributed by atoms with E-state index in [9.17, 15) is 13.2 Å². The van der Waals surface area contributed by atoms with Gasteiger partial charge in [0.25, 0.3) is 0 Å². The lowest BCUT2D eigenvalue weighted by Crippen LogP contribution is -2.32. The van der Waals surface area contributed by atoms with Crippen LogP contribution in [0.2, 0.25) is 0 Å². The Labute approximate surface area is 137 Å². The molecular weight excluding hydrogens is 318 g/mol. The molecule has 1 fully saturated rings. The minimum atomic E-state index is -3.44. The zero-order chi connectivity index (χ0) is 16.9. The Morgan fingerprint density at radius 3 is 2.57 bits per heavy atom. The summed E-state index contributed by atoms with van der Waals surface area (Å²) in [5.74, 6) is 0.122. The number of esters is 1. The van der Waals surface area contributed by atoms with Crippen molar-refractivity contribution < 1.29 is 22.7 Å².